The highest BCUT2D eigenvalue weighted by molar-refractivity contribution is 5.91. The van der Waals surface area contributed by atoms with Crippen LogP contribution in [0.25, 0.3) is 11.1 Å². The van der Waals surface area contributed by atoms with Gasteiger partial charge in [0.15, 0.2) is 0 Å². The molecule has 0 aromatic heterocycles. The molecule has 0 saturated heterocycles. The molecule has 0 heterocycles. The maximum atomic E-state index is 4.54. The molecule has 0 spiro atoms. The summed E-state index contributed by atoms with van der Waals surface area (Å²) in [6, 6.07) is 13.6. The first-order valence-corrected chi connectivity index (χ1v) is 12.0. The van der Waals surface area contributed by atoms with Crippen molar-refractivity contribution in [2.45, 2.75) is 65.2 Å². The van der Waals surface area contributed by atoms with Gasteiger partial charge >= 0.3 is 0 Å². The van der Waals surface area contributed by atoms with Crippen molar-refractivity contribution < 1.29 is 0 Å². The number of benzene rings is 2. The Morgan fingerprint density at radius 3 is 2.67 bits per heavy atom. The zero-order valence-corrected chi connectivity index (χ0v) is 18.6. The molecule has 3 aliphatic carbocycles. The second-order valence-electron chi connectivity index (χ2n) is 9.49. The molecule has 0 aliphatic heterocycles. The quantitative estimate of drug-likeness (QED) is 0.486. The first-order valence-electron chi connectivity index (χ1n) is 12.0. The van der Waals surface area contributed by atoms with Crippen LogP contribution in [0.3, 0.4) is 0 Å². The zero-order valence-electron chi connectivity index (χ0n) is 18.6. The topological polar surface area (TPSA) is 0 Å². The molecule has 154 valence electrons. The van der Waals surface area contributed by atoms with Gasteiger partial charge in [-0.15, -0.1) is 0 Å². The van der Waals surface area contributed by atoms with Gasteiger partial charge in [0.1, 0.15) is 0 Å². The summed E-state index contributed by atoms with van der Waals surface area (Å²) in [6.45, 7) is 9.24. The van der Waals surface area contributed by atoms with Gasteiger partial charge in [-0.05, 0) is 94.0 Å². The maximum Gasteiger partial charge on any atom is -0.00106 e. The standard InChI is InChI=1S/C30H34/c1-4-21-10-8-11-24(21)18-29-22(5-2)15-16-27-20(3)26(19-30(27)29)17-25-14-13-23-9-6-7-12-28(23)25/h6-7,9,12,14-17,21,24H,3-5,8,10-11,13,18-19H2,1-2H3/b26-17+. The summed E-state index contributed by atoms with van der Waals surface area (Å²) >= 11 is 0. The van der Waals surface area contributed by atoms with Crippen molar-refractivity contribution in [1.82, 2.24) is 0 Å². The highest BCUT2D eigenvalue weighted by atomic mass is 14.3. The van der Waals surface area contributed by atoms with Crippen molar-refractivity contribution in [3.05, 3.63) is 94.1 Å². The summed E-state index contributed by atoms with van der Waals surface area (Å²) in [5.41, 5.74) is 13.1. The van der Waals surface area contributed by atoms with Crippen LogP contribution < -0.4 is 0 Å². The molecule has 5 rings (SSSR count). The number of hydrogen-bond donors (Lipinski definition) is 0. The van der Waals surface area contributed by atoms with Crippen LogP contribution in [0.5, 0.6) is 0 Å². The fraction of sp³-hybridized carbons (Fsp3) is 0.400. The maximum absolute atomic E-state index is 4.54. The van der Waals surface area contributed by atoms with Gasteiger partial charge in [-0.25, -0.2) is 0 Å². The van der Waals surface area contributed by atoms with Crippen LogP contribution in [0.15, 0.2) is 60.7 Å². The van der Waals surface area contributed by atoms with E-state index in [1.807, 2.05) is 0 Å². The number of fused-ring (bicyclic) bond motifs is 2. The molecule has 0 heteroatoms. The minimum atomic E-state index is 0.873. The largest absolute Gasteiger partial charge is 0.0909 e. The smallest absolute Gasteiger partial charge is 0.00106 e. The Labute approximate surface area is 182 Å². The van der Waals surface area contributed by atoms with Crippen LogP contribution in [0.2, 0.25) is 0 Å². The number of aryl methyl sites for hydroxylation is 1. The lowest BCUT2D eigenvalue weighted by molar-refractivity contribution is 0.374. The zero-order chi connectivity index (χ0) is 20.7. The predicted molar refractivity (Wildman–Crippen MR) is 130 cm³/mol. The minimum Gasteiger partial charge on any atom is -0.0909 e. The molecule has 2 unspecified atom stereocenters. The van der Waals surface area contributed by atoms with Crippen molar-refractivity contribution >= 4 is 11.1 Å². The molecule has 2 aromatic carbocycles. The average molecular weight is 395 g/mol. The van der Waals surface area contributed by atoms with Gasteiger partial charge in [-0.3, -0.25) is 0 Å². The Kier molecular flexibility index (Phi) is 5.27. The molecule has 0 amide bonds. The van der Waals surface area contributed by atoms with Crippen molar-refractivity contribution in [1.29, 1.82) is 0 Å². The van der Waals surface area contributed by atoms with E-state index in [1.165, 1.54) is 65.5 Å². The Morgan fingerprint density at radius 2 is 1.83 bits per heavy atom. The van der Waals surface area contributed by atoms with Gasteiger partial charge in [0.2, 0.25) is 0 Å². The molecule has 0 bridgehead atoms. The SMILES string of the molecule is C=C1/C(=C/C2=CCc3ccccc32)Cc2c1ccc(CC)c2CC1CCCC1CC. The molecule has 2 atom stereocenters. The van der Waals surface area contributed by atoms with E-state index in [2.05, 4.69) is 69.0 Å². The van der Waals surface area contributed by atoms with Crippen LogP contribution in [0, 0.1) is 11.8 Å². The third-order valence-corrected chi connectivity index (χ3v) is 8.00. The van der Waals surface area contributed by atoms with Crippen LogP contribution in [-0.2, 0) is 25.7 Å². The van der Waals surface area contributed by atoms with E-state index >= 15 is 0 Å². The lowest BCUT2D eigenvalue weighted by Gasteiger charge is -2.22. The van der Waals surface area contributed by atoms with Crippen LogP contribution >= 0.6 is 0 Å². The second-order valence-corrected chi connectivity index (χ2v) is 9.49. The van der Waals surface area contributed by atoms with E-state index in [1.54, 1.807) is 16.7 Å². The van der Waals surface area contributed by atoms with Crippen molar-refractivity contribution in [2.24, 2.45) is 11.8 Å². The molecule has 2 aromatic rings. The summed E-state index contributed by atoms with van der Waals surface area (Å²) in [6.07, 6.45) is 14.9. The van der Waals surface area contributed by atoms with Crippen molar-refractivity contribution in [3.8, 4) is 0 Å². The lowest BCUT2D eigenvalue weighted by atomic mass is 9.83. The fourth-order valence-corrected chi connectivity index (χ4v) is 6.24. The molecular formula is C30H34. The van der Waals surface area contributed by atoms with E-state index in [4.69, 9.17) is 0 Å². The van der Waals surface area contributed by atoms with Crippen LogP contribution in [-0.4, -0.2) is 0 Å². The number of hydrogen-bond acceptors (Lipinski definition) is 0. The summed E-state index contributed by atoms with van der Waals surface area (Å²) in [7, 11) is 0. The fourth-order valence-electron chi connectivity index (χ4n) is 6.24. The number of rotatable bonds is 5. The molecular weight excluding hydrogens is 360 g/mol. The molecule has 0 radical (unpaired) electrons. The Balaban J connectivity index is 1.49. The normalized spacial score (nSPS) is 23.7. The summed E-state index contributed by atoms with van der Waals surface area (Å²) in [5, 5.41) is 0. The van der Waals surface area contributed by atoms with Gasteiger partial charge in [0.05, 0.1) is 0 Å². The second kappa shape index (κ2) is 8.06. The Hall–Kier alpha value is -2.34. The van der Waals surface area contributed by atoms with Crippen molar-refractivity contribution in [3.63, 3.8) is 0 Å². The van der Waals surface area contributed by atoms with E-state index in [0.29, 0.717) is 0 Å². The summed E-state index contributed by atoms with van der Waals surface area (Å²) < 4.78 is 0. The van der Waals surface area contributed by atoms with Gasteiger partial charge in [0, 0.05) is 0 Å². The third kappa shape index (κ3) is 3.31. The average Bonchev–Trinajstić information content (AvgIpc) is 3.47. The van der Waals surface area contributed by atoms with Gasteiger partial charge in [0.25, 0.3) is 0 Å². The van der Waals surface area contributed by atoms with Crippen LogP contribution in [0.1, 0.15) is 72.9 Å². The van der Waals surface area contributed by atoms with Crippen molar-refractivity contribution in [2.75, 3.05) is 0 Å². The first-order chi connectivity index (χ1) is 14.7. The van der Waals surface area contributed by atoms with Gasteiger partial charge < -0.3 is 0 Å². The summed E-state index contributed by atoms with van der Waals surface area (Å²) in [5.74, 6) is 1.79. The first kappa shape index (κ1) is 19.6. The third-order valence-electron chi connectivity index (χ3n) is 8.00. The molecule has 3 aliphatic rings. The minimum absolute atomic E-state index is 0.873. The highest BCUT2D eigenvalue weighted by Gasteiger charge is 2.30. The monoisotopic (exact) mass is 394 g/mol. The van der Waals surface area contributed by atoms with E-state index < -0.39 is 0 Å². The van der Waals surface area contributed by atoms with Gasteiger partial charge in [-0.1, -0.05) is 88.2 Å². The van der Waals surface area contributed by atoms with Crippen LogP contribution in [0.4, 0.5) is 0 Å². The molecule has 0 nitrogen and oxygen atoms in total. The predicted octanol–water partition coefficient (Wildman–Crippen LogP) is 7.75. The molecule has 1 saturated carbocycles. The van der Waals surface area contributed by atoms with E-state index in [9.17, 15) is 0 Å². The molecule has 1 fully saturated rings. The van der Waals surface area contributed by atoms with E-state index in [0.717, 1.165) is 31.1 Å². The highest BCUT2D eigenvalue weighted by Crippen LogP contribution is 2.44. The Morgan fingerprint density at radius 1 is 1.00 bits per heavy atom. The number of allylic oxidation sites excluding steroid dienone is 5. The lowest BCUT2D eigenvalue weighted by Crippen LogP contribution is -2.13. The molecule has 30 heavy (non-hydrogen) atoms. The Bertz CT molecular complexity index is 1050. The van der Waals surface area contributed by atoms with E-state index in [-0.39, 0.29) is 0 Å². The molecule has 0 N–H and O–H groups in total. The summed E-state index contributed by atoms with van der Waals surface area (Å²) in [4.78, 5) is 0. The van der Waals surface area contributed by atoms with Gasteiger partial charge in [-0.2, -0.15) is 0 Å².